The molecule has 10 heteroatoms. The Kier molecular flexibility index (Phi) is 7.95. The third-order valence-corrected chi connectivity index (χ3v) is 6.83. The largest absolute Gasteiger partial charge is 0.491 e. The number of likely N-dealkylation sites (tertiary alicyclic amines) is 1. The predicted molar refractivity (Wildman–Crippen MR) is 149 cm³/mol. The molecule has 3 heterocycles. The summed E-state index contributed by atoms with van der Waals surface area (Å²) in [6.07, 6.45) is 4.07. The maximum Gasteiger partial charge on any atom is 0.269 e. The molecule has 1 fully saturated rings. The van der Waals surface area contributed by atoms with Gasteiger partial charge in [0.1, 0.15) is 29.5 Å². The number of ether oxygens (including phenoxy) is 2. The molecule has 0 saturated carbocycles. The molecule has 1 aliphatic heterocycles. The second-order valence-corrected chi connectivity index (χ2v) is 9.46. The summed E-state index contributed by atoms with van der Waals surface area (Å²) < 4.78 is 14.1. The monoisotopic (exact) mass is 534 g/mol. The van der Waals surface area contributed by atoms with Gasteiger partial charge in [-0.3, -0.25) is 14.7 Å². The number of carbonyl (C=O) groups is 1. The Morgan fingerprint density at radius 3 is 2.68 bits per heavy atom. The summed E-state index contributed by atoms with van der Waals surface area (Å²) in [5.74, 6) is 2.24. The van der Waals surface area contributed by atoms with Gasteiger partial charge < -0.3 is 24.7 Å². The number of aromatic nitrogens is 3. The van der Waals surface area contributed by atoms with Crippen LogP contribution in [0.5, 0.6) is 17.2 Å². The van der Waals surface area contributed by atoms with E-state index in [1.54, 1.807) is 25.4 Å². The lowest BCUT2D eigenvalue weighted by molar-refractivity contribution is 0.0958. The number of imidazole rings is 1. The number of nitrogens with one attached hydrogen (secondary N) is 2. The molecule has 198 valence electrons. The normalized spacial score (nSPS) is 13.6. The molecule has 5 rings (SSSR count). The van der Waals surface area contributed by atoms with Crippen LogP contribution in [0.15, 0.2) is 54.7 Å². The van der Waals surface area contributed by atoms with Gasteiger partial charge in [-0.2, -0.15) is 0 Å². The minimum absolute atomic E-state index is 0.270. The number of aryl methyl sites for hydroxylation is 1. The van der Waals surface area contributed by atoms with Gasteiger partial charge in [-0.15, -0.1) is 0 Å². The standard InChI is InChI=1S/C28H31ClN6O3/c1-3-35-25-18-20(38-21-10-11-31-24(17-21)27(36)30-2)7-9-23(25)33-28(35)32-19-6-8-22(29)26(16-19)37-15-14-34-12-4-5-13-34/h6-11,16-18H,3-5,12-15H2,1-2H3,(H,30,36)(H,32,33). The Hall–Kier alpha value is -3.82. The summed E-state index contributed by atoms with van der Waals surface area (Å²) in [4.78, 5) is 23.2. The Morgan fingerprint density at radius 2 is 1.89 bits per heavy atom. The number of anilines is 2. The smallest absolute Gasteiger partial charge is 0.269 e. The molecule has 4 aromatic rings. The summed E-state index contributed by atoms with van der Waals surface area (Å²) in [7, 11) is 1.57. The highest BCUT2D eigenvalue weighted by Gasteiger charge is 2.14. The Balaban J connectivity index is 1.33. The van der Waals surface area contributed by atoms with Gasteiger partial charge in [-0.25, -0.2) is 4.98 Å². The van der Waals surface area contributed by atoms with Crippen molar-refractivity contribution in [1.29, 1.82) is 0 Å². The topological polar surface area (TPSA) is 93.5 Å². The van der Waals surface area contributed by atoms with Gasteiger partial charge in [-0.1, -0.05) is 11.6 Å². The van der Waals surface area contributed by atoms with E-state index < -0.39 is 0 Å². The van der Waals surface area contributed by atoms with Crippen LogP contribution in [0.2, 0.25) is 5.02 Å². The molecule has 1 aliphatic rings. The first-order valence-corrected chi connectivity index (χ1v) is 13.2. The predicted octanol–water partition coefficient (Wildman–Crippen LogP) is 5.47. The van der Waals surface area contributed by atoms with Gasteiger partial charge in [0.25, 0.3) is 5.91 Å². The van der Waals surface area contributed by atoms with E-state index in [-0.39, 0.29) is 5.91 Å². The molecular weight excluding hydrogens is 504 g/mol. The van der Waals surface area contributed by atoms with Crippen LogP contribution < -0.4 is 20.1 Å². The molecular formula is C28H31ClN6O3. The number of halogens is 1. The van der Waals surface area contributed by atoms with Gasteiger partial charge in [0.2, 0.25) is 5.95 Å². The summed E-state index contributed by atoms with van der Waals surface area (Å²) in [6, 6.07) is 14.7. The number of hydrogen-bond acceptors (Lipinski definition) is 7. The second-order valence-electron chi connectivity index (χ2n) is 9.06. The fourth-order valence-electron chi connectivity index (χ4n) is 4.56. The minimum Gasteiger partial charge on any atom is -0.491 e. The van der Waals surface area contributed by atoms with Crippen LogP contribution in [0.3, 0.4) is 0 Å². The fourth-order valence-corrected chi connectivity index (χ4v) is 4.73. The van der Waals surface area contributed by atoms with E-state index in [9.17, 15) is 4.79 Å². The van der Waals surface area contributed by atoms with Crippen molar-refractivity contribution in [2.24, 2.45) is 0 Å². The molecule has 2 N–H and O–H groups in total. The van der Waals surface area contributed by atoms with Crippen LogP contribution in [0.4, 0.5) is 11.6 Å². The average Bonchev–Trinajstić information content (AvgIpc) is 3.57. The van der Waals surface area contributed by atoms with Crippen LogP contribution in [0.1, 0.15) is 30.3 Å². The number of benzene rings is 2. The summed E-state index contributed by atoms with van der Waals surface area (Å²) >= 11 is 6.41. The Labute approximate surface area is 226 Å². The molecule has 0 radical (unpaired) electrons. The summed E-state index contributed by atoms with van der Waals surface area (Å²) in [6.45, 7) is 6.53. The third-order valence-electron chi connectivity index (χ3n) is 6.51. The molecule has 0 atom stereocenters. The number of rotatable bonds is 10. The number of pyridine rings is 1. The minimum atomic E-state index is -0.270. The molecule has 0 aliphatic carbocycles. The van der Waals surface area contributed by atoms with E-state index in [1.165, 1.54) is 12.8 Å². The second kappa shape index (κ2) is 11.7. The molecule has 9 nitrogen and oxygen atoms in total. The number of fused-ring (bicyclic) bond motifs is 1. The first-order valence-electron chi connectivity index (χ1n) is 12.8. The van der Waals surface area contributed by atoms with E-state index in [4.69, 9.17) is 26.1 Å². The van der Waals surface area contributed by atoms with Gasteiger partial charge in [0.05, 0.1) is 16.1 Å². The van der Waals surface area contributed by atoms with E-state index in [0.717, 1.165) is 36.4 Å². The third kappa shape index (κ3) is 5.84. The number of hydrogen-bond donors (Lipinski definition) is 2. The molecule has 38 heavy (non-hydrogen) atoms. The number of amides is 1. The maximum atomic E-state index is 11.9. The average molecular weight is 535 g/mol. The number of nitrogens with zero attached hydrogens (tertiary/aromatic N) is 4. The fraction of sp³-hybridized carbons (Fsp3) is 0.321. The quantitative estimate of drug-likeness (QED) is 0.278. The Bertz CT molecular complexity index is 1430. The van der Waals surface area contributed by atoms with Crippen molar-refractivity contribution in [3.63, 3.8) is 0 Å². The zero-order valence-corrected chi connectivity index (χ0v) is 22.3. The van der Waals surface area contributed by atoms with Crippen molar-refractivity contribution in [2.45, 2.75) is 26.3 Å². The molecule has 1 amide bonds. The van der Waals surface area contributed by atoms with Crippen molar-refractivity contribution in [2.75, 3.05) is 38.6 Å². The molecule has 0 bridgehead atoms. The highest BCUT2D eigenvalue weighted by atomic mass is 35.5. The lowest BCUT2D eigenvalue weighted by Crippen LogP contribution is -2.25. The van der Waals surface area contributed by atoms with Gasteiger partial charge in [-0.05, 0) is 63.2 Å². The van der Waals surface area contributed by atoms with Crippen molar-refractivity contribution in [1.82, 2.24) is 24.8 Å². The first-order chi connectivity index (χ1) is 18.5. The van der Waals surface area contributed by atoms with E-state index >= 15 is 0 Å². The van der Waals surface area contributed by atoms with Crippen molar-refractivity contribution < 1.29 is 14.3 Å². The highest BCUT2D eigenvalue weighted by Crippen LogP contribution is 2.32. The van der Waals surface area contributed by atoms with E-state index in [0.29, 0.717) is 47.1 Å². The van der Waals surface area contributed by atoms with E-state index in [2.05, 4.69) is 32.0 Å². The van der Waals surface area contributed by atoms with Gasteiger partial charge in [0.15, 0.2) is 0 Å². The first kappa shape index (κ1) is 25.8. The molecule has 2 aromatic carbocycles. The Morgan fingerprint density at radius 1 is 1.08 bits per heavy atom. The summed E-state index contributed by atoms with van der Waals surface area (Å²) in [5.41, 5.74) is 2.88. The lowest BCUT2D eigenvalue weighted by Gasteiger charge is -2.16. The van der Waals surface area contributed by atoms with Gasteiger partial charge >= 0.3 is 0 Å². The summed E-state index contributed by atoms with van der Waals surface area (Å²) in [5, 5.41) is 6.57. The SMILES string of the molecule is CCn1c(Nc2ccc(Cl)c(OCCN3CCCC3)c2)nc2ccc(Oc3ccnc(C(=O)NC)c3)cc21. The molecule has 1 saturated heterocycles. The zero-order valence-electron chi connectivity index (χ0n) is 21.5. The molecule has 0 spiro atoms. The van der Waals surface area contributed by atoms with Crippen LogP contribution in [-0.4, -0.2) is 58.6 Å². The maximum absolute atomic E-state index is 11.9. The van der Waals surface area contributed by atoms with Crippen molar-refractivity contribution in [3.8, 4) is 17.2 Å². The van der Waals surface area contributed by atoms with Gasteiger partial charge in [0, 0.05) is 50.2 Å². The zero-order chi connectivity index (χ0) is 26.5. The lowest BCUT2D eigenvalue weighted by atomic mass is 10.3. The molecule has 2 aromatic heterocycles. The molecule has 0 unspecified atom stereocenters. The van der Waals surface area contributed by atoms with Crippen LogP contribution >= 0.6 is 11.6 Å². The van der Waals surface area contributed by atoms with Crippen LogP contribution in [-0.2, 0) is 6.54 Å². The van der Waals surface area contributed by atoms with Crippen LogP contribution in [0.25, 0.3) is 11.0 Å². The van der Waals surface area contributed by atoms with Crippen molar-refractivity contribution in [3.05, 3.63) is 65.4 Å². The van der Waals surface area contributed by atoms with Crippen molar-refractivity contribution >= 4 is 40.2 Å². The van der Waals surface area contributed by atoms with Crippen LogP contribution in [0, 0.1) is 0 Å². The number of carbonyl (C=O) groups excluding carboxylic acids is 1. The van der Waals surface area contributed by atoms with E-state index in [1.807, 2.05) is 36.4 Å². The highest BCUT2D eigenvalue weighted by molar-refractivity contribution is 6.32.